The van der Waals surface area contributed by atoms with Gasteiger partial charge in [-0.1, -0.05) is 0 Å². The number of aryl methyl sites for hydroxylation is 1. The van der Waals surface area contributed by atoms with Gasteiger partial charge in [0.15, 0.2) is 0 Å². The summed E-state index contributed by atoms with van der Waals surface area (Å²) in [6, 6.07) is 3.33. The largest absolute Gasteiger partial charge is 0.281 e. The van der Waals surface area contributed by atoms with Crippen LogP contribution in [0.4, 0.5) is 8.78 Å². The van der Waals surface area contributed by atoms with Crippen molar-refractivity contribution in [3.63, 3.8) is 0 Å². The molecule has 0 saturated carbocycles. The Balaban J connectivity index is 3.41. The minimum absolute atomic E-state index is 0.0181. The first-order chi connectivity index (χ1) is 6.06. The van der Waals surface area contributed by atoms with Gasteiger partial charge in [-0.15, -0.1) is 0 Å². The van der Waals surface area contributed by atoms with Crippen molar-refractivity contribution in [1.82, 2.24) is 4.98 Å². The Morgan fingerprint density at radius 2 is 2.23 bits per heavy atom. The molecule has 0 saturated heterocycles. The maximum Gasteiger partial charge on any atom is 0.281 e. The molecule has 0 bridgehead atoms. The van der Waals surface area contributed by atoms with E-state index in [0.29, 0.717) is 9.26 Å². The molecule has 0 unspecified atom stereocenters. The molecule has 0 aliphatic carbocycles. The van der Waals surface area contributed by atoms with Gasteiger partial charge in [0.05, 0.1) is 5.56 Å². The van der Waals surface area contributed by atoms with Gasteiger partial charge in [0, 0.05) is 0 Å². The molecule has 1 rings (SSSR count). The van der Waals surface area contributed by atoms with E-state index in [4.69, 9.17) is 5.26 Å². The molecule has 1 heterocycles. The summed E-state index contributed by atoms with van der Waals surface area (Å²) in [7, 11) is 0. The van der Waals surface area contributed by atoms with Gasteiger partial charge in [0.1, 0.15) is 15.5 Å². The standard InChI is InChI=1S/C8H5F2IN2/c1-4-2-6(11)13-7(8(9)10)5(4)3-12/h2,8H,1H3. The summed E-state index contributed by atoms with van der Waals surface area (Å²) in [5.74, 6) is 0. The maximum atomic E-state index is 12.4. The minimum Gasteiger partial charge on any atom is -0.239 e. The Morgan fingerprint density at radius 3 is 2.69 bits per heavy atom. The van der Waals surface area contributed by atoms with E-state index in [1.807, 2.05) is 22.6 Å². The number of rotatable bonds is 1. The molecule has 0 N–H and O–H groups in total. The molecule has 0 atom stereocenters. The van der Waals surface area contributed by atoms with Crippen molar-refractivity contribution < 1.29 is 8.78 Å². The number of alkyl halides is 2. The lowest BCUT2D eigenvalue weighted by Gasteiger charge is -2.04. The van der Waals surface area contributed by atoms with E-state index in [1.54, 1.807) is 19.1 Å². The number of hydrogen-bond donors (Lipinski definition) is 0. The number of halogens is 3. The zero-order valence-corrected chi connectivity index (χ0v) is 8.84. The number of nitriles is 1. The summed E-state index contributed by atoms with van der Waals surface area (Å²) >= 11 is 1.84. The Morgan fingerprint density at radius 1 is 1.62 bits per heavy atom. The molecule has 0 fully saturated rings. The summed E-state index contributed by atoms with van der Waals surface area (Å²) in [5.41, 5.74) is 0.0968. The highest BCUT2D eigenvalue weighted by atomic mass is 127. The quantitative estimate of drug-likeness (QED) is 0.590. The molecule has 1 aromatic rings. The molecule has 0 radical (unpaired) electrons. The highest BCUT2D eigenvalue weighted by Gasteiger charge is 2.17. The van der Waals surface area contributed by atoms with Gasteiger partial charge in [-0.2, -0.15) is 5.26 Å². The molecule has 5 heteroatoms. The van der Waals surface area contributed by atoms with E-state index in [0.717, 1.165) is 0 Å². The first-order valence-electron chi connectivity index (χ1n) is 3.41. The average molecular weight is 294 g/mol. The fourth-order valence-electron chi connectivity index (χ4n) is 0.959. The summed E-state index contributed by atoms with van der Waals surface area (Å²) in [5, 5.41) is 8.61. The normalized spacial score (nSPS) is 10.2. The van der Waals surface area contributed by atoms with E-state index in [1.165, 1.54) is 0 Å². The van der Waals surface area contributed by atoms with Crippen molar-refractivity contribution >= 4 is 22.6 Å². The van der Waals surface area contributed by atoms with Crippen LogP contribution < -0.4 is 0 Å². The molecule has 68 valence electrons. The maximum absolute atomic E-state index is 12.4. The van der Waals surface area contributed by atoms with Gasteiger partial charge in [-0.3, -0.25) is 0 Å². The Kier molecular flexibility index (Phi) is 3.14. The molecule has 0 spiro atoms. The highest BCUT2D eigenvalue weighted by molar-refractivity contribution is 14.1. The Bertz CT molecular complexity index is 371. The van der Waals surface area contributed by atoms with Crippen molar-refractivity contribution in [1.29, 1.82) is 5.26 Å². The van der Waals surface area contributed by atoms with Crippen LogP contribution in [0.2, 0.25) is 0 Å². The summed E-state index contributed by atoms with van der Waals surface area (Å²) in [6.07, 6.45) is -2.69. The first kappa shape index (κ1) is 10.3. The van der Waals surface area contributed by atoms with Crippen LogP contribution in [0.3, 0.4) is 0 Å². The lowest BCUT2D eigenvalue weighted by Crippen LogP contribution is -2.00. The predicted molar refractivity (Wildman–Crippen MR) is 51.4 cm³/mol. The van der Waals surface area contributed by atoms with Gasteiger partial charge in [0.25, 0.3) is 6.43 Å². The number of nitrogens with zero attached hydrogens (tertiary/aromatic N) is 2. The zero-order valence-electron chi connectivity index (χ0n) is 6.68. The van der Waals surface area contributed by atoms with E-state index in [2.05, 4.69) is 4.98 Å². The van der Waals surface area contributed by atoms with E-state index < -0.39 is 12.1 Å². The number of aromatic nitrogens is 1. The average Bonchev–Trinajstić information content (AvgIpc) is 2.02. The topological polar surface area (TPSA) is 36.7 Å². The molecule has 0 aliphatic rings. The van der Waals surface area contributed by atoms with Gasteiger partial charge in [-0.25, -0.2) is 13.8 Å². The van der Waals surface area contributed by atoms with Crippen molar-refractivity contribution in [2.24, 2.45) is 0 Å². The molecule has 13 heavy (non-hydrogen) atoms. The van der Waals surface area contributed by atoms with Crippen LogP contribution >= 0.6 is 22.6 Å². The van der Waals surface area contributed by atoms with Gasteiger partial charge < -0.3 is 0 Å². The van der Waals surface area contributed by atoms with Gasteiger partial charge >= 0.3 is 0 Å². The van der Waals surface area contributed by atoms with Crippen LogP contribution in [0.15, 0.2) is 6.07 Å². The van der Waals surface area contributed by atoms with E-state index >= 15 is 0 Å². The third-order valence-corrected chi connectivity index (χ3v) is 2.08. The third-order valence-electron chi connectivity index (χ3n) is 1.53. The smallest absolute Gasteiger partial charge is 0.239 e. The van der Waals surface area contributed by atoms with Gasteiger partial charge in [-0.05, 0) is 41.1 Å². The molecule has 2 nitrogen and oxygen atoms in total. The molecule has 0 amide bonds. The predicted octanol–water partition coefficient (Wildman–Crippen LogP) is 2.80. The lowest BCUT2D eigenvalue weighted by atomic mass is 10.1. The number of hydrogen-bond acceptors (Lipinski definition) is 2. The molecule has 0 aliphatic heterocycles. The van der Waals surface area contributed by atoms with Crippen molar-refractivity contribution in [2.75, 3.05) is 0 Å². The monoisotopic (exact) mass is 294 g/mol. The third kappa shape index (κ3) is 2.12. The summed E-state index contributed by atoms with van der Waals surface area (Å²) in [4.78, 5) is 3.62. The lowest BCUT2D eigenvalue weighted by molar-refractivity contribution is 0.145. The zero-order chi connectivity index (χ0) is 10.0. The summed E-state index contributed by atoms with van der Waals surface area (Å²) in [6.45, 7) is 1.62. The van der Waals surface area contributed by atoms with Crippen LogP contribution in [0.5, 0.6) is 0 Å². The van der Waals surface area contributed by atoms with Crippen molar-refractivity contribution in [2.45, 2.75) is 13.3 Å². The summed E-state index contributed by atoms with van der Waals surface area (Å²) < 4.78 is 25.2. The van der Waals surface area contributed by atoms with Crippen LogP contribution in [0.1, 0.15) is 23.2 Å². The molecular formula is C8H5F2IN2. The second-order valence-corrected chi connectivity index (χ2v) is 3.54. The van der Waals surface area contributed by atoms with Crippen LogP contribution in [0.25, 0.3) is 0 Å². The second-order valence-electron chi connectivity index (χ2n) is 2.43. The van der Waals surface area contributed by atoms with E-state index in [-0.39, 0.29) is 5.56 Å². The molecule has 1 aromatic heterocycles. The highest BCUT2D eigenvalue weighted by Crippen LogP contribution is 2.23. The van der Waals surface area contributed by atoms with Gasteiger partial charge in [0.2, 0.25) is 0 Å². The molecule has 0 aromatic carbocycles. The number of pyridine rings is 1. The fourth-order valence-corrected chi connectivity index (χ4v) is 1.69. The van der Waals surface area contributed by atoms with Crippen LogP contribution in [0, 0.1) is 22.0 Å². The Hall–Kier alpha value is -0.770. The second kappa shape index (κ2) is 3.96. The Labute approximate surface area is 87.7 Å². The molecular weight excluding hydrogens is 289 g/mol. The fraction of sp³-hybridized carbons (Fsp3) is 0.250. The first-order valence-corrected chi connectivity index (χ1v) is 4.49. The minimum atomic E-state index is -2.69. The SMILES string of the molecule is Cc1cc(I)nc(C(F)F)c1C#N. The van der Waals surface area contributed by atoms with Crippen LogP contribution in [-0.4, -0.2) is 4.98 Å². The van der Waals surface area contributed by atoms with E-state index in [9.17, 15) is 8.78 Å². The van der Waals surface area contributed by atoms with Crippen molar-refractivity contribution in [3.8, 4) is 6.07 Å². The van der Waals surface area contributed by atoms with Crippen LogP contribution in [-0.2, 0) is 0 Å². The van der Waals surface area contributed by atoms with Crippen molar-refractivity contribution in [3.05, 3.63) is 26.6 Å².